The Morgan fingerprint density at radius 1 is 1.39 bits per heavy atom. The second-order valence-electron chi connectivity index (χ2n) is 5.65. The molecule has 0 amide bonds. The van der Waals surface area contributed by atoms with Crippen LogP contribution in [0.3, 0.4) is 0 Å². The lowest BCUT2D eigenvalue weighted by Crippen LogP contribution is -2.26. The van der Waals surface area contributed by atoms with Crippen molar-refractivity contribution in [2.24, 2.45) is 5.92 Å². The average Bonchev–Trinajstić information content (AvgIpc) is 2.35. The van der Waals surface area contributed by atoms with Gasteiger partial charge in [0.05, 0.1) is 5.56 Å². The molecule has 1 aromatic rings. The van der Waals surface area contributed by atoms with Crippen LogP contribution in [0.5, 0.6) is 0 Å². The Morgan fingerprint density at radius 3 is 2.61 bits per heavy atom. The minimum absolute atomic E-state index is 0.0145. The molecule has 2 nitrogen and oxygen atoms in total. The maximum atomic E-state index is 11.0. The third kappa shape index (κ3) is 3.34. The first-order valence-electron chi connectivity index (χ1n) is 6.73. The number of hydrogen-bond acceptors (Lipinski definition) is 1. The summed E-state index contributed by atoms with van der Waals surface area (Å²) in [5.41, 5.74) is 1.51. The fourth-order valence-corrected chi connectivity index (χ4v) is 2.21. The second kappa shape index (κ2) is 6.03. The fourth-order valence-electron chi connectivity index (χ4n) is 2.21. The first-order valence-corrected chi connectivity index (χ1v) is 6.73. The lowest BCUT2D eigenvalue weighted by atomic mass is 9.72. The van der Waals surface area contributed by atoms with E-state index in [2.05, 4.69) is 27.7 Å². The van der Waals surface area contributed by atoms with E-state index in [1.807, 2.05) is 18.2 Å². The topological polar surface area (TPSA) is 37.3 Å². The van der Waals surface area contributed by atoms with E-state index in [1.165, 1.54) is 19.3 Å². The van der Waals surface area contributed by atoms with Crippen molar-refractivity contribution in [3.63, 3.8) is 0 Å². The molecule has 1 N–H and O–H groups in total. The molecule has 1 atom stereocenters. The van der Waals surface area contributed by atoms with Crippen LogP contribution in [0.15, 0.2) is 24.3 Å². The molecule has 0 saturated carbocycles. The highest BCUT2D eigenvalue weighted by Gasteiger charge is 2.27. The van der Waals surface area contributed by atoms with E-state index < -0.39 is 5.97 Å². The molecule has 0 fully saturated rings. The van der Waals surface area contributed by atoms with Gasteiger partial charge >= 0.3 is 5.97 Å². The Morgan fingerprint density at radius 2 is 2.06 bits per heavy atom. The molecule has 1 unspecified atom stereocenters. The number of carboxylic acids is 1. The van der Waals surface area contributed by atoms with E-state index in [9.17, 15) is 4.79 Å². The molecule has 0 aromatic heterocycles. The summed E-state index contributed by atoms with van der Waals surface area (Å²) in [6.07, 6.45) is 3.61. The number of unbranched alkanes of at least 4 members (excludes halogenated alkanes) is 1. The fraction of sp³-hybridized carbons (Fsp3) is 0.562. The molecule has 1 rings (SSSR count). The Hall–Kier alpha value is -1.31. The summed E-state index contributed by atoms with van der Waals surface area (Å²) in [5, 5.41) is 9.06. The zero-order valence-corrected chi connectivity index (χ0v) is 11.9. The Labute approximate surface area is 110 Å². The number of benzene rings is 1. The molecule has 0 aliphatic rings. The first kappa shape index (κ1) is 14.7. The van der Waals surface area contributed by atoms with Crippen LogP contribution in [0.1, 0.15) is 62.9 Å². The van der Waals surface area contributed by atoms with Crippen molar-refractivity contribution in [2.45, 2.75) is 52.4 Å². The molecule has 0 bridgehead atoms. The predicted octanol–water partition coefficient (Wildman–Crippen LogP) is 4.49. The molecular weight excluding hydrogens is 224 g/mol. The number of carbonyl (C=O) groups is 1. The van der Waals surface area contributed by atoms with Crippen molar-refractivity contribution in [3.8, 4) is 0 Å². The Balaban J connectivity index is 2.96. The van der Waals surface area contributed by atoms with Gasteiger partial charge in [0.15, 0.2) is 0 Å². The van der Waals surface area contributed by atoms with E-state index in [4.69, 9.17) is 5.11 Å². The maximum absolute atomic E-state index is 11.0. The zero-order valence-electron chi connectivity index (χ0n) is 11.9. The number of hydrogen-bond donors (Lipinski definition) is 1. The average molecular weight is 248 g/mol. The number of rotatable bonds is 6. The SMILES string of the molecule is CCCCC(C)C(C)(C)c1cccc(C(=O)O)c1. The van der Waals surface area contributed by atoms with E-state index in [-0.39, 0.29) is 5.41 Å². The van der Waals surface area contributed by atoms with Crippen LogP contribution < -0.4 is 0 Å². The summed E-state index contributed by atoms with van der Waals surface area (Å²) in [6.45, 7) is 8.86. The van der Waals surface area contributed by atoms with Gasteiger partial charge in [-0.3, -0.25) is 0 Å². The van der Waals surface area contributed by atoms with Crippen molar-refractivity contribution >= 4 is 5.97 Å². The summed E-state index contributed by atoms with van der Waals surface area (Å²) in [4.78, 5) is 11.0. The van der Waals surface area contributed by atoms with Gasteiger partial charge in [-0.2, -0.15) is 0 Å². The van der Waals surface area contributed by atoms with Crippen molar-refractivity contribution in [1.29, 1.82) is 0 Å². The summed E-state index contributed by atoms with van der Waals surface area (Å²) in [6, 6.07) is 7.34. The zero-order chi connectivity index (χ0) is 13.8. The Bertz CT molecular complexity index is 407. The smallest absolute Gasteiger partial charge is 0.335 e. The van der Waals surface area contributed by atoms with Gasteiger partial charge in [-0.05, 0) is 35.4 Å². The third-order valence-electron chi connectivity index (χ3n) is 4.08. The molecule has 0 saturated heterocycles. The second-order valence-corrected chi connectivity index (χ2v) is 5.65. The highest BCUT2D eigenvalue weighted by Crippen LogP contribution is 2.34. The minimum atomic E-state index is -0.853. The van der Waals surface area contributed by atoms with E-state index >= 15 is 0 Å². The highest BCUT2D eigenvalue weighted by molar-refractivity contribution is 5.87. The summed E-state index contributed by atoms with van der Waals surface area (Å²) in [5.74, 6) is -0.310. The van der Waals surface area contributed by atoms with Crippen LogP contribution in [0.4, 0.5) is 0 Å². The van der Waals surface area contributed by atoms with Crippen molar-refractivity contribution < 1.29 is 9.90 Å². The standard InChI is InChI=1S/C16H24O2/c1-5-6-8-12(2)16(3,4)14-10-7-9-13(11-14)15(17)18/h7,9-12H,5-6,8H2,1-4H3,(H,17,18). The quantitative estimate of drug-likeness (QED) is 0.805. The molecular formula is C16H24O2. The number of aromatic carboxylic acids is 1. The van der Waals surface area contributed by atoms with Gasteiger partial charge in [0.1, 0.15) is 0 Å². The van der Waals surface area contributed by atoms with E-state index in [0.717, 1.165) is 5.56 Å². The van der Waals surface area contributed by atoms with E-state index in [0.29, 0.717) is 11.5 Å². The molecule has 0 spiro atoms. The largest absolute Gasteiger partial charge is 0.478 e. The van der Waals surface area contributed by atoms with Crippen LogP contribution in [-0.2, 0) is 5.41 Å². The monoisotopic (exact) mass is 248 g/mol. The first-order chi connectivity index (χ1) is 8.39. The van der Waals surface area contributed by atoms with Gasteiger partial charge < -0.3 is 5.11 Å². The normalized spacial score (nSPS) is 13.3. The van der Waals surface area contributed by atoms with Crippen LogP contribution in [-0.4, -0.2) is 11.1 Å². The molecule has 100 valence electrons. The van der Waals surface area contributed by atoms with Gasteiger partial charge in [0.25, 0.3) is 0 Å². The van der Waals surface area contributed by atoms with Crippen molar-refractivity contribution in [2.75, 3.05) is 0 Å². The predicted molar refractivity (Wildman–Crippen MR) is 75.1 cm³/mol. The van der Waals surface area contributed by atoms with Gasteiger partial charge in [-0.15, -0.1) is 0 Å². The molecule has 0 heterocycles. The van der Waals surface area contributed by atoms with Gasteiger partial charge in [-0.1, -0.05) is 52.7 Å². The van der Waals surface area contributed by atoms with Gasteiger partial charge in [-0.25, -0.2) is 4.79 Å². The molecule has 0 aliphatic carbocycles. The third-order valence-corrected chi connectivity index (χ3v) is 4.08. The van der Waals surface area contributed by atoms with E-state index in [1.54, 1.807) is 6.07 Å². The molecule has 0 aliphatic heterocycles. The lowest BCUT2D eigenvalue weighted by molar-refractivity contribution is 0.0696. The summed E-state index contributed by atoms with van der Waals surface area (Å²) in [7, 11) is 0. The maximum Gasteiger partial charge on any atom is 0.335 e. The Kier molecular flexibility index (Phi) is 4.94. The molecule has 1 aromatic carbocycles. The minimum Gasteiger partial charge on any atom is -0.478 e. The van der Waals surface area contributed by atoms with Crippen molar-refractivity contribution in [1.82, 2.24) is 0 Å². The molecule has 18 heavy (non-hydrogen) atoms. The van der Waals surface area contributed by atoms with Crippen LogP contribution in [0.25, 0.3) is 0 Å². The highest BCUT2D eigenvalue weighted by atomic mass is 16.4. The molecule has 0 radical (unpaired) electrons. The lowest BCUT2D eigenvalue weighted by Gasteiger charge is -2.33. The summed E-state index contributed by atoms with van der Waals surface area (Å²) < 4.78 is 0. The van der Waals surface area contributed by atoms with Crippen LogP contribution in [0.2, 0.25) is 0 Å². The number of carboxylic acid groups (broad SMARTS) is 1. The summed E-state index contributed by atoms with van der Waals surface area (Å²) >= 11 is 0. The molecule has 2 heteroatoms. The van der Waals surface area contributed by atoms with Crippen LogP contribution in [0, 0.1) is 5.92 Å². The van der Waals surface area contributed by atoms with Gasteiger partial charge in [0.2, 0.25) is 0 Å². The van der Waals surface area contributed by atoms with Gasteiger partial charge in [0, 0.05) is 0 Å². The van der Waals surface area contributed by atoms with Crippen LogP contribution >= 0.6 is 0 Å². The van der Waals surface area contributed by atoms with Crippen molar-refractivity contribution in [3.05, 3.63) is 35.4 Å².